The summed E-state index contributed by atoms with van der Waals surface area (Å²) in [5, 5.41) is 14.2. The summed E-state index contributed by atoms with van der Waals surface area (Å²) >= 11 is 0. The zero-order chi connectivity index (χ0) is 26.6. The quantitative estimate of drug-likeness (QED) is 0.308. The Morgan fingerprint density at radius 1 is 0.868 bits per heavy atom. The zero-order valence-electron chi connectivity index (χ0n) is 20.8. The Morgan fingerprint density at radius 2 is 1.55 bits per heavy atom. The van der Waals surface area contributed by atoms with Gasteiger partial charge in [0, 0.05) is 5.70 Å². The Hall–Kier alpha value is -4.91. The molecule has 0 bridgehead atoms. The van der Waals surface area contributed by atoms with Gasteiger partial charge in [-0.05, 0) is 52.6 Å². The molecule has 1 heterocycles. The Labute approximate surface area is 220 Å². The van der Waals surface area contributed by atoms with Gasteiger partial charge < -0.3 is 15.2 Å². The lowest BCUT2D eigenvalue weighted by Gasteiger charge is -2.35. The van der Waals surface area contributed by atoms with E-state index in [0.717, 1.165) is 27.5 Å². The number of hydrogen-bond donors (Lipinski definition) is 2. The maximum Gasteiger partial charge on any atom is 0.338 e. The highest BCUT2D eigenvalue weighted by Gasteiger charge is 2.36. The van der Waals surface area contributed by atoms with Crippen LogP contribution >= 0.6 is 0 Å². The van der Waals surface area contributed by atoms with Gasteiger partial charge in [-0.25, -0.2) is 14.4 Å². The summed E-state index contributed by atoms with van der Waals surface area (Å²) in [4.78, 5) is 39.5. The van der Waals surface area contributed by atoms with Crippen molar-refractivity contribution >= 4 is 28.7 Å². The molecule has 0 fully saturated rings. The van der Waals surface area contributed by atoms with Gasteiger partial charge in [-0.15, -0.1) is 0 Å². The molecule has 1 atom stereocenters. The minimum Gasteiger partial charge on any atom is -0.478 e. The van der Waals surface area contributed by atoms with E-state index in [1.807, 2.05) is 72.8 Å². The van der Waals surface area contributed by atoms with Crippen molar-refractivity contribution in [3.63, 3.8) is 0 Å². The molecule has 2 N–H and O–H groups in total. The molecule has 190 valence electrons. The monoisotopic (exact) mass is 506 g/mol. The highest BCUT2D eigenvalue weighted by atomic mass is 16.5. The van der Waals surface area contributed by atoms with Gasteiger partial charge in [-0.2, -0.15) is 0 Å². The maximum absolute atomic E-state index is 13.5. The molecule has 0 aliphatic carbocycles. The molecule has 0 aromatic heterocycles. The molecular formula is C31H26N2O5. The molecule has 0 radical (unpaired) electrons. The summed E-state index contributed by atoms with van der Waals surface area (Å²) in [6.07, 6.45) is 0. The number of nitrogens with one attached hydrogen (secondary N) is 1. The average molecular weight is 507 g/mol. The van der Waals surface area contributed by atoms with Crippen molar-refractivity contribution in [1.29, 1.82) is 0 Å². The number of amides is 2. The van der Waals surface area contributed by atoms with Crippen molar-refractivity contribution in [3.05, 3.63) is 131 Å². The number of aromatic carboxylic acids is 1. The number of allylic oxidation sites excluding steroid dienone is 1. The van der Waals surface area contributed by atoms with Gasteiger partial charge in [-0.1, -0.05) is 78.9 Å². The number of urea groups is 1. The number of ether oxygens (including phenoxy) is 1. The van der Waals surface area contributed by atoms with Crippen molar-refractivity contribution in [2.75, 3.05) is 0 Å². The van der Waals surface area contributed by atoms with Crippen LogP contribution in [0.25, 0.3) is 10.8 Å². The Balaban J connectivity index is 1.50. The van der Waals surface area contributed by atoms with Crippen LogP contribution in [0.5, 0.6) is 0 Å². The molecule has 0 saturated carbocycles. The van der Waals surface area contributed by atoms with Crippen LogP contribution in [-0.2, 0) is 22.7 Å². The Bertz CT molecular complexity index is 1540. The van der Waals surface area contributed by atoms with Crippen LogP contribution in [0.2, 0.25) is 0 Å². The van der Waals surface area contributed by atoms with Crippen molar-refractivity contribution < 1.29 is 24.2 Å². The van der Waals surface area contributed by atoms with E-state index in [4.69, 9.17) is 4.74 Å². The molecule has 0 spiro atoms. The number of carboxylic acid groups (broad SMARTS) is 1. The van der Waals surface area contributed by atoms with E-state index in [1.165, 1.54) is 17.0 Å². The first-order chi connectivity index (χ1) is 18.4. The van der Waals surface area contributed by atoms with E-state index in [2.05, 4.69) is 5.32 Å². The van der Waals surface area contributed by atoms with Crippen LogP contribution in [-0.4, -0.2) is 28.0 Å². The van der Waals surface area contributed by atoms with Crippen LogP contribution in [0, 0.1) is 0 Å². The maximum atomic E-state index is 13.5. The van der Waals surface area contributed by atoms with E-state index in [9.17, 15) is 19.5 Å². The predicted octanol–water partition coefficient (Wildman–Crippen LogP) is 5.82. The predicted molar refractivity (Wildman–Crippen MR) is 143 cm³/mol. The lowest BCUT2D eigenvalue weighted by atomic mass is 9.93. The number of hydrogen-bond acceptors (Lipinski definition) is 4. The summed E-state index contributed by atoms with van der Waals surface area (Å²) in [5.74, 6) is -1.54. The van der Waals surface area contributed by atoms with Crippen LogP contribution in [0.4, 0.5) is 4.79 Å². The minimum atomic E-state index is -1.02. The van der Waals surface area contributed by atoms with E-state index in [1.54, 1.807) is 19.1 Å². The molecule has 4 aromatic rings. The molecule has 5 rings (SSSR count). The highest BCUT2D eigenvalue weighted by Crippen LogP contribution is 2.34. The number of carbonyl (C=O) groups excluding carboxylic acids is 2. The van der Waals surface area contributed by atoms with Gasteiger partial charge in [0.2, 0.25) is 0 Å². The lowest BCUT2D eigenvalue weighted by molar-refractivity contribution is -0.141. The fourth-order valence-corrected chi connectivity index (χ4v) is 4.61. The number of rotatable bonds is 7. The normalized spacial score (nSPS) is 15.3. The first-order valence-corrected chi connectivity index (χ1v) is 12.2. The first kappa shape index (κ1) is 24.8. The first-order valence-electron chi connectivity index (χ1n) is 12.2. The SMILES string of the molecule is CC1=C(C(=O)OCc2ccccc2)C(c2ccc3ccccc3c2)NC(=O)N1Cc1ccc(C(=O)O)cc1. The van der Waals surface area contributed by atoms with Gasteiger partial charge in [0.15, 0.2) is 0 Å². The minimum absolute atomic E-state index is 0.103. The summed E-state index contributed by atoms with van der Waals surface area (Å²) in [6, 6.07) is 28.4. The Kier molecular flexibility index (Phi) is 6.91. The van der Waals surface area contributed by atoms with Crippen molar-refractivity contribution in [2.45, 2.75) is 26.1 Å². The van der Waals surface area contributed by atoms with Gasteiger partial charge >= 0.3 is 18.0 Å². The van der Waals surface area contributed by atoms with Gasteiger partial charge in [0.25, 0.3) is 0 Å². The number of esters is 1. The fourth-order valence-electron chi connectivity index (χ4n) is 4.61. The van der Waals surface area contributed by atoms with Crippen LogP contribution < -0.4 is 5.32 Å². The standard InChI is InChI=1S/C31H26N2O5/c1-20-27(30(36)38-19-22-7-3-2-4-8-22)28(26-16-15-23-9-5-6-10-25(23)17-26)32-31(37)33(20)18-21-11-13-24(14-12-21)29(34)35/h2-17,28H,18-19H2,1H3,(H,32,37)(H,34,35). The molecule has 4 aromatic carbocycles. The average Bonchev–Trinajstić information content (AvgIpc) is 2.94. The fraction of sp³-hybridized carbons (Fsp3) is 0.129. The second-order valence-corrected chi connectivity index (χ2v) is 9.14. The largest absolute Gasteiger partial charge is 0.478 e. The van der Waals surface area contributed by atoms with Gasteiger partial charge in [-0.3, -0.25) is 4.90 Å². The molecule has 1 unspecified atom stereocenters. The molecule has 1 aliphatic rings. The van der Waals surface area contributed by atoms with Crippen molar-refractivity contribution in [3.8, 4) is 0 Å². The lowest BCUT2D eigenvalue weighted by Crippen LogP contribution is -2.47. The van der Waals surface area contributed by atoms with Crippen molar-refractivity contribution in [1.82, 2.24) is 10.2 Å². The molecule has 7 nitrogen and oxygen atoms in total. The number of fused-ring (bicyclic) bond motifs is 1. The van der Waals surface area contributed by atoms with E-state index in [-0.39, 0.29) is 24.7 Å². The van der Waals surface area contributed by atoms with Crippen LogP contribution in [0.3, 0.4) is 0 Å². The third kappa shape index (κ3) is 5.13. The number of nitrogens with zero attached hydrogens (tertiary/aromatic N) is 1. The molecule has 1 aliphatic heterocycles. The molecule has 7 heteroatoms. The van der Waals surface area contributed by atoms with Gasteiger partial charge in [0.1, 0.15) is 6.61 Å². The summed E-state index contributed by atoms with van der Waals surface area (Å²) < 4.78 is 5.71. The van der Waals surface area contributed by atoms with E-state index < -0.39 is 18.0 Å². The molecular weight excluding hydrogens is 480 g/mol. The second-order valence-electron chi connectivity index (χ2n) is 9.14. The van der Waals surface area contributed by atoms with E-state index in [0.29, 0.717) is 11.3 Å². The third-order valence-corrected chi connectivity index (χ3v) is 6.68. The Morgan fingerprint density at radius 3 is 2.26 bits per heavy atom. The zero-order valence-corrected chi connectivity index (χ0v) is 20.8. The van der Waals surface area contributed by atoms with Gasteiger partial charge in [0.05, 0.1) is 23.7 Å². The van der Waals surface area contributed by atoms with Crippen LogP contribution in [0.15, 0.2) is 108 Å². The topological polar surface area (TPSA) is 95.9 Å². The van der Waals surface area contributed by atoms with E-state index >= 15 is 0 Å². The highest BCUT2D eigenvalue weighted by molar-refractivity contribution is 5.95. The summed E-state index contributed by atoms with van der Waals surface area (Å²) in [7, 11) is 0. The summed E-state index contributed by atoms with van der Waals surface area (Å²) in [5.41, 5.74) is 3.34. The summed E-state index contributed by atoms with van der Waals surface area (Å²) in [6.45, 7) is 2.00. The number of benzene rings is 4. The molecule has 38 heavy (non-hydrogen) atoms. The van der Waals surface area contributed by atoms with Crippen LogP contribution in [0.1, 0.15) is 40.0 Å². The second kappa shape index (κ2) is 10.6. The van der Waals surface area contributed by atoms with Crippen molar-refractivity contribution in [2.24, 2.45) is 0 Å². The smallest absolute Gasteiger partial charge is 0.338 e. The number of carbonyl (C=O) groups is 3. The molecule has 0 saturated heterocycles. The third-order valence-electron chi connectivity index (χ3n) is 6.68. The molecule has 2 amide bonds. The number of carboxylic acids is 1.